The summed E-state index contributed by atoms with van der Waals surface area (Å²) in [6.45, 7) is 5.76. The Morgan fingerprint density at radius 1 is 1.09 bits per heavy atom. The summed E-state index contributed by atoms with van der Waals surface area (Å²) in [7, 11) is 0. The minimum atomic E-state index is -1.03. The van der Waals surface area contributed by atoms with Crippen LogP contribution in [0, 0.1) is 13.8 Å². The number of halogens is 1. The summed E-state index contributed by atoms with van der Waals surface area (Å²) >= 11 is 5.99. The number of benzene rings is 2. The molecule has 0 bridgehead atoms. The zero-order chi connectivity index (χ0) is 23.7. The SMILES string of the molecule is Cc1ccc2c(C(=O)c3ccc(Cl)cc3)c(C)n(Cc3cccc(O[C@H](C)C(=O)O)c3)c2n1. The Morgan fingerprint density at radius 2 is 1.82 bits per heavy atom. The van der Waals surface area contributed by atoms with Gasteiger partial charge < -0.3 is 14.4 Å². The van der Waals surface area contributed by atoms with E-state index < -0.39 is 12.1 Å². The van der Waals surface area contributed by atoms with Crippen LogP contribution in [-0.2, 0) is 11.3 Å². The van der Waals surface area contributed by atoms with Gasteiger partial charge in [0, 0.05) is 33.9 Å². The van der Waals surface area contributed by atoms with Gasteiger partial charge in [-0.25, -0.2) is 9.78 Å². The minimum Gasteiger partial charge on any atom is -0.479 e. The number of carboxylic acid groups (broad SMARTS) is 1. The van der Waals surface area contributed by atoms with Gasteiger partial charge in [-0.2, -0.15) is 0 Å². The van der Waals surface area contributed by atoms with Crippen LogP contribution in [0.1, 0.15) is 39.8 Å². The molecule has 4 aromatic rings. The van der Waals surface area contributed by atoms with Crippen LogP contribution in [0.5, 0.6) is 5.75 Å². The lowest BCUT2D eigenvalue weighted by molar-refractivity contribution is -0.144. The quantitative estimate of drug-likeness (QED) is 0.370. The summed E-state index contributed by atoms with van der Waals surface area (Å²) < 4.78 is 7.52. The van der Waals surface area contributed by atoms with E-state index in [0.29, 0.717) is 28.4 Å². The molecule has 2 aromatic heterocycles. The molecule has 168 valence electrons. The third-order valence-electron chi connectivity index (χ3n) is 5.54. The number of carbonyl (C=O) groups is 2. The van der Waals surface area contributed by atoms with Crippen LogP contribution in [0.4, 0.5) is 0 Å². The van der Waals surface area contributed by atoms with E-state index in [2.05, 4.69) is 0 Å². The fourth-order valence-corrected chi connectivity index (χ4v) is 3.94. The molecule has 0 radical (unpaired) electrons. The number of hydrogen-bond donors (Lipinski definition) is 1. The van der Waals surface area contributed by atoms with E-state index in [1.54, 1.807) is 36.4 Å². The molecule has 33 heavy (non-hydrogen) atoms. The predicted molar refractivity (Wildman–Crippen MR) is 127 cm³/mol. The average Bonchev–Trinajstić information content (AvgIpc) is 3.04. The van der Waals surface area contributed by atoms with Crippen molar-refractivity contribution in [3.05, 3.63) is 93.8 Å². The lowest BCUT2D eigenvalue weighted by atomic mass is 10.0. The van der Waals surface area contributed by atoms with Gasteiger partial charge in [-0.3, -0.25) is 4.79 Å². The molecule has 0 aliphatic heterocycles. The van der Waals surface area contributed by atoms with E-state index in [4.69, 9.17) is 26.4 Å². The molecule has 0 spiro atoms. The summed E-state index contributed by atoms with van der Waals surface area (Å²) in [6, 6.07) is 18.0. The first-order chi connectivity index (χ1) is 15.7. The monoisotopic (exact) mass is 462 g/mol. The van der Waals surface area contributed by atoms with Crippen molar-refractivity contribution < 1.29 is 19.4 Å². The number of pyridine rings is 1. The Labute approximate surface area is 196 Å². The van der Waals surface area contributed by atoms with Gasteiger partial charge in [-0.05, 0) is 74.9 Å². The van der Waals surface area contributed by atoms with Gasteiger partial charge in [-0.1, -0.05) is 23.7 Å². The van der Waals surface area contributed by atoms with Gasteiger partial charge in [-0.15, -0.1) is 0 Å². The molecular weight excluding hydrogens is 440 g/mol. The fraction of sp³-hybridized carbons (Fsp3) is 0.192. The first-order valence-corrected chi connectivity index (χ1v) is 10.9. The Hall–Kier alpha value is -3.64. The fourth-order valence-electron chi connectivity index (χ4n) is 3.81. The molecule has 0 saturated carbocycles. The second kappa shape index (κ2) is 9.08. The highest BCUT2D eigenvalue weighted by Crippen LogP contribution is 2.29. The minimum absolute atomic E-state index is 0.0917. The molecule has 1 N–H and O–H groups in total. The van der Waals surface area contributed by atoms with Crippen LogP contribution in [0.25, 0.3) is 11.0 Å². The summed E-state index contributed by atoms with van der Waals surface area (Å²) in [4.78, 5) is 29.3. The lowest BCUT2D eigenvalue weighted by Gasteiger charge is -2.13. The molecule has 4 rings (SSSR count). The number of carboxylic acids is 1. The predicted octanol–water partition coefficient (Wildman–Crippen LogP) is 5.44. The highest BCUT2D eigenvalue weighted by Gasteiger charge is 2.22. The molecule has 2 aromatic carbocycles. The van der Waals surface area contributed by atoms with Gasteiger partial charge in [0.2, 0.25) is 0 Å². The smallest absolute Gasteiger partial charge is 0.344 e. The molecular formula is C26H23ClN2O4. The van der Waals surface area contributed by atoms with E-state index in [9.17, 15) is 9.59 Å². The summed E-state index contributed by atoms with van der Waals surface area (Å²) in [6.07, 6.45) is -0.956. The molecule has 2 heterocycles. The van der Waals surface area contributed by atoms with Crippen molar-refractivity contribution in [2.24, 2.45) is 0 Å². The number of ketones is 1. The van der Waals surface area contributed by atoms with Crippen LogP contribution in [0.15, 0.2) is 60.7 Å². The van der Waals surface area contributed by atoms with Crippen LogP contribution >= 0.6 is 11.6 Å². The van der Waals surface area contributed by atoms with Crippen LogP contribution in [-0.4, -0.2) is 32.5 Å². The molecule has 0 aliphatic rings. The third kappa shape index (κ3) is 4.61. The second-order valence-corrected chi connectivity index (χ2v) is 8.39. The number of rotatable bonds is 7. The van der Waals surface area contributed by atoms with E-state index >= 15 is 0 Å². The first-order valence-electron chi connectivity index (χ1n) is 10.5. The van der Waals surface area contributed by atoms with Crippen molar-refractivity contribution in [3.63, 3.8) is 0 Å². The first kappa shape index (κ1) is 22.6. The number of hydrogen-bond acceptors (Lipinski definition) is 4. The topological polar surface area (TPSA) is 81.4 Å². The molecule has 0 fully saturated rings. The lowest BCUT2D eigenvalue weighted by Crippen LogP contribution is -2.22. The van der Waals surface area contributed by atoms with Gasteiger partial charge in [0.15, 0.2) is 11.9 Å². The van der Waals surface area contributed by atoms with Crippen molar-refractivity contribution in [1.82, 2.24) is 9.55 Å². The standard InChI is InChI=1S/C26H23ClN2O4/c1-15-7-12-22-23(24(30)19-8-10-20(27)11-9-19)16(2)29(25(22)28-15)14-18-5-4-6-21(13-18)33-17(3)26(31)32/h4-13,17H,14H2,1-3H3,(H,31,32)/t17-/m1/s1. The highest BCUT2D eigenvalue weighted by molar-refractivity contribution is 6.30. The molecule has 0 unspecified atom stereocenters. The maximum atomic E-state index is 13.4. The van der Waals surface area contributed by atoms with E-state index in [1.165, 1.54) is 6.92 Å². The highest BCUT2D eigenvalue weighted by atomic mass is 35.5. The Bertz CT molecular complexity index is 1360. The number of aliphatic carboxylic acids is 1. The largest absolute Gasteiger partial charge is 0.479 e. The normalized spacial score (nSPS) is 12.0. The van der Waals surface area contributed by atoms with Gasteiger partial charge in [0.05, 0.1) is 5.56 Å². The molecule has 0 saturated heterocycles. The zero-order valence-corrected chi connectivity index (χ0v) is 19.3. The number of aryl methyl sites for hydroxylation is 1. The van der Waals surface area contributed by atoms with Crippen molar-refractivity contribution >= 4 is 34.4 Å². The molecule has 7 heteroatoms. The number of ether oxygens (including phenoxy) is 1. The van der Waals surface area contributed by atoms with Crippen molar-refractivity contribution in [2.75, 3.05) is 0 Å². The number of nitrogens with zero attached hydrogens (tertiary/aromatic N) is 2. The molecule has 0 amide bonds. The molecule has 6 nitrogen and oxygen atoms in total. The maximum absolute atomic E-state index is 13.4. The average molecular weight is 463 g/mol. The third-order valence-corrected chi connectivity index (χ3v) is 5.79. The van der Waals surface area contributed by atoms with E-state index in [0.717, 1.165) is 28.0 Å². The Balaban J connectivity index is 1.77. The number of aromatic nitrogens is 2. The van der Waals surface area contributed by atoms with Gasteiger partial charge in [0.1, 0.15) is 11.4 Å². The van der Waals surface area contributed by atoms with Crippen molar-refractivity contribution in [3.8, 4) is 5.75 Å². The van der Waals surface area contributed by atoms with Crippen LogP contribution < -0.4 is 4.74 Å². The van der Waals surface area contributed by atoms with Gasteiger partial charge in [0.25, 0.3) is 0 Å². The van der Waals surface area contributed by atoms with E-state index in [1.807, 2.05) is 42.7 Å². The summed E-state index contributed by atoms with van der Waals surface area (Å²) in [5.74, 6) is -0.651. The van der Waals surface area contributed by atoms with Crippen molar-refractivity contribution in [1.29, 1.82) is 0 Å². The Kier molecular flexibility index (Phi) is 6.20. The maximum Gasteiger partial charge on any atom is 0.344 e. The number of fused-ring (bicyclic) bond motifs is 1. The van der Waals surface area contributed by atoms with Gasteiger partial charge >= 0.3 is 5.97 Å². The second-order valence-electron chi connectivity index (χ2n) is 7.95. The zero-order valence-electron chi connectivity index (χ0n) is 18.5. The van der Waals surface area contributed by atoms with E-state index in [-0.39, 0.29) is 5.78 Å². The van der Waals surface area contributed by atoms with Crippen molar-refractivity contribution in [2.45, 2.75) is 33.4 Å². The Morgan fingerprint density at radius 3 is 2.52 bits per heavy atom. The van der Waals surface area contributed by atoms with Crippen LogP contribution in [0.3, 0.4) is 0 Å². The van der Waals surface area contributed by atoms with Crippen LogP contribution in [0.2, 0.25) is 5.02 Å². The molecule has 0 aliphatic carbocycles. The summed E-state index contributed by atoms with van der Waals surface area (Å²) in [5, 5.41) is 10.5. The summed E-state index contributed by atoms with van der Waals surface area (Å²) in [5.41, 5.74) is 4.42. The molecule has 1 atom stereocenters. The number of carbonyl (C=O) groups excluding carboxylic acids is 1.